The van der Waals surface area contributed by atoms with Crippen LogP contribution in [0.25, 0.3) is 0 Å². The minimum Gasteiger partial charge on any atom is -0.372 e. The maximum atomic E-state index is 13.3. The molecule has 3 rings (SSSR count). The van der Waals surface area contributed by atoms with Gasteiger partial charge >= 0.3 is 0 Å². The van der Waals surface area contributed by atoms with Gasteiger partial charge in [-0.25, -0.2) is 4.39 Å². The number of benzene rings is 2. The molecule has 1 heterocycles. The largest absolute Gasteiger partial charge is 0.372 e. The fourth-order valence-electron chi connectivity index (χ4n) is 2.83. The molecule has 0 radical (unpaired) electrons. The number of rotatable bonds is 3. The van der Waals surface area contributed by atoms with E-state index in [4.69, 9.17) is 10.5 Å². The first kappa shape index (κ1) is 14.7. The summed E-state index contributed by atoms with van der Waals surface area (Å²) >= 11 is 3.21. The van der Waals surface area contributed by atoms with E-state index in [9.17, 15) is 4.39 Å². The van der Waals surface area contributed by atoms with Crippen molar-refractivity contribution < 1.29 is 9.13 Å². The SMILES string of the molecule is NC(Cc1ccc(F)c(Br)c1)C1OCCc2ccccc21. The second kappa shape index (κ2) is 6.26. The van der Waals surface area contributed by atoms with Crippen molar-refractivity contribution in [2.45, 2.75) is 25.0 Å². The van der Waals surface area contributed by atoms with E-state index in [1.165, 1.54) is 17.2 Å². The van der Waals surface area contributed by atoms with Crippen LogP contribution in [0.3, 0.4) is 0 Å². The first-order valence-electron chi connectivity index (χ1n) is 7.04. The Labute approximate surface area is 132 Å². The van der Waals surface area contributed by atoms with Crippen molar-refractivity contribution in [3.05, 3.63) is 69.4 Å². The zero-order chi connectivity index (χ0) is 14.8. The fourth-order valence-corrected chi connectivity index (χ4v) is 3.25. The lowest BCUT2D eigenvalue weighted by Gasteiger charge is -2.30. The van der Waals surface area contributed by atoms with Gasteiger partial charge in [0.15, 0.2) is 0 Å². The minimum atomic E-state index is -0.258. The molecule has 0 aliphatic carbocycles. The van der Waals surface area contributed by atoms with Gasteiger partial charge in [-0.2, -0.15) is 0 Å². The topological polar surface area (TPSA) is 35.2 Å². The molecule has 2 aromatic carbocycles. The molecule has 1 aliphatic rings. The molecule has 21 heavy (non-hydrogen) atoms. The van der Waals surface area contributed by atoms with Gasteiger partial charge in [0.05, 0.1) is 17.2 Å². The number of hydrogen-bond acceptors (Lipinski definition) is 2. The standard InChI is InChI=1S/C17H17BrFNO/c18-14-9-11(5-6-15(14)19)10-16(20)17-13-4-2-1-3-12(13)7-8-21-17/h1-6,9,16-17H,7-8,10,20H2. The second-order valence-electron chi connectivity index (χ2n) is 5.36. The van der Waals surface area contributed by atoms with E-state index < -0.39 is 0 Å². The molecule has 2 unspecified atom stereocenters. The molecule has 0 aromatic heterocycles. The van der Waals surface area contributed by atoms with Crippen LogP contribution in [-0.2, 0) is 17.6 Å². The average Bonchev–Trinajstić information content (AvgIpc) is 2.50. The molecule has 2 atom stereocenters. The van der Waals surface area contributed by atoms with Gasteiger partial charge in [0.1, 0.15) is 5.82 Å². The van der Waals surface area contributed by atoms with Crippen molar-refractivity contribution in [2.24, 2.45) is 5.73 Å². The highest BCUT2D eigenvalue weighted by Gasteiger charge is 2.26. The Morgan fingerprint density at radius 1 is 1.29 bits per heavy atom. The molecule has 0 bridgehead atoms. The van der Waals surface area contributed by atoms with Crippen molar-refractivity contribution in [3.8, 4) is 0 Å². The molecule has 4 heteroatoms. The number of ether oxygens (including phenoxy) is 1. The Morgan fingerprint density at radius 3 is 2.90 bits per heavy atom. The Kier molecular flexibility index (Phi) is 4.38. The number of hydrogen-bond donors (Lipinski definition) is 1. The lowest BCUT2D eigenvalue weighted by Crippen LogP contribution is -2.35. The number of halogens is 2. The molecule has 110 valence electrons. The first-order valence-corrected chi connectivity index (χ1v) is 7.83. The molecule has 0 saturated heterocycles. The summed E-state index contributed by atoms with van der Waals surface area (Å²) in [5.74, 6) is -0.258. The molecular weight excluding hydrogens is 333 g/mol. The zero-order valence-corrected chi connectivity index (χ0v) is 13.1. The number of fused-ring (bicyclic) bond motifs is 1. The van der Waals surface area contributed by atoms with Gasteiger partial charge in [0.2, 0.25) is 0 Å². The molecule has 0 fully saturated rings. The van der Waals surface area contributed by atoms with E-state index in [-0.39, 0.29) is 18.0 Å². The van der Waals surface area contributed by atoms with Crippen LogP contribution in [0, 0.1) is 5.82 Å². The highest BCUT2D eigenvalue weighted by Crippen LogP contribution is 2.30. The lowest BCUT2D eigenvalue weighted by atomic mass is 9.91. The summed E-state index contributed by atoms with van der Waals surface area (Å²) in [5.41, 5.74) is 9.84. The Bertz CT molecular complexity index is 646. The summed E-state index contributed by atoms with van der Waals surface area (Å²) in [6.07, 6.45) is 1.48. The molecule has 0 spiro atoms. The van der Waals surface area contributed by atoms with Gasteiger partial charge < -0.3 is 10.5 Å². The third-order valence-corrected chi connectivity index (χ3v) is 4.48. The van der Waals surface area contributed by atoms with Crippen molar-refractivity contribution in [3.63, 3.8) is 0 Å². The van der Waals surface area contributed by atoms with Crippen molar-refractivity contribution in [2.75, 3.05) is 6.61 Å². The molecule has 0 saturated carbocycles. The molecule has 1 aliphatic heterocycles. The van der Waals surface area contributed by atoms with E-state index in [0.717, 1.165) is 12.0 Å². The van der Waals surface area contributed by atoms with Crippen molar-refractivity contribution in [1.29, 1.82) is 0 Å². The second-order valence-corrected chi connectivity index (χ2v) is 6.21. The molecule has 2 aromatic rings. The third kappa shape index (κ3) is 3.18. The fraction of sp³-hybridized carbons (Fsp3) is 0.294. The summed E-state index contributed by atoms with van der Waals surface area (Å²) in [7, 11) is 0. The van der Waals surface area contributed by atoms with Crippen LogP contribution < -0.4 is 5.73 Å². The Hall–Kier alpha value is -1.23. The predicted octanol–water partition coefficient (Wildman–Crippen LogP) is 3.77. The highest BCUT2D eigenvalue weighted by molar-refractivity contribution is 9.10. The van der Waals surface area contributed by atoms with Crippen LogP contribution in [0.2, 0.25) is 0 Å². The van der Waals surface area contributed by atoms with Crippen LogP contribution in [0.5, 0.6) is 0 Å². The quantitative estimate of drug-likeness (QED) is 0.915. The summed E-state index contributed by atoms with van der Waals surface area (Å²) in [5, 5.41) is 0. The van der Waals surface area contributed by atoms with E-state index in [1.807, 2.05) is 12.1 Å². The van der Waals surface area contributed by atoms with Gasteiger partial charge in [-0.3, -0.25) is 0 Å². The maximum absolute atomic E-state index is 13.3. The van der Waals surface area contributed by atoms with Crippen LogP contribution in [0.15, 0.2) is 46.9 Å². The molecule has 2 nitrogen and oxygen atoms in total. The Morgan fingerprint density at radius 2 is 2.10 bits per heavy atom. The van der Waals surface area contributed by atoms with Crippen LogP contribution >= 0.6 is 15.9 Å². The first-order chi connectivity index (χ1) is 10.1. The predicted molar refractivity (Wildman–Crippen MR) is 84.6 cm³/mol. The van der Waals surface area contributed by atoms with Crippen LogP contribution in [0.1, 0.15) is 22.8 Å². The van der Waals surface area contributed by atoms with Crippen LogP contribution in [-0.4, -0.2) is 12.6 Å². The van der Waals surface area contributed by atoms with Gasteiger partial charge in [-0.1, -0.05) is 30.3 Å². The summed E-state index contributed by atoms with van der Waals surface area (Å²) < 4.78 is 19.6. The summed E-state index contributed by atoms with van der Waals surface area (Å²) in [4.78, 5) is 0. The minimum absolute atomic E-state index is 0.0984. The van der Waals surface area contributed by atoms with E-state index >= 15 is 0 Å². The van der Waals surface area contributed by atoms with Gasteiger partial charge in [0, 0.05) is 6.04 Å². The monoisotopic (exact) mass is 349 g/mol. The van der Waals surface area contributed by atoms with E-state index in [1.54, 1.807) is 12.1 Å². The van der Waals surface area contributed by atoms with Gasteiger partial charge in [-0.15, -0.1) is 0 Å². The lowest BCUT2D eigenvalue weighted by molar-refractivity contribution is 0.0246. The van der Waals surface area contributed by atoms with Crippen molar-refractivity contribution in [1.82, 2.24) is 0 Å². The number of nitrogens with two attached hydrogens (primary N) is 1. The molecular formula is C17H17BrFNO. The van der Waals surface area contributed by atoms with Gasteiger partial charge in [-0.05, 0) is 57.6 Å². The highest BCUT2D eigenvalue weighted by atomic mass is 79.9. The van der Waals surface area contributed by atoms with E-state index in [0.29, 0.717) is 17.5 Å². The van der Waals surface area contributed by atoms with E-state index in [2.05, 4.69) is 28.1 Å². The molecule has 2 N–H and O–H groups in total. The normalized spacial score (nSPS) is 19.1. The maximum Gasteiger partial charge on any atom is 0.137 e. The smallest absolute Gasteiger partial charge is 0.137 e. The van der Waals surface area contributed by atoms with Crippen LogP contribution in [0.4, 0.5) is 4.39 Å². The zero-order valence-electron chi connectivity index (χ0n) is 11.6. The average molecular weight is 350 g/mol. The van der Waals surface area contributed by atoms with Crippen molar-refractivity contribution >= 4 is 15.9 Å². The van der Waals surface area contributed by atoms with Gasteiger partial charge in [0.25, 0.3) is 0 Å². The summed E-state index contributed by atoms with van der Waals surface area (Å²) in [6, 6.07) is 13.1. The Balaban J connectivity index is 1.80. The summed E-state index contributed by atoms with van der Waals surface area (Å²) in [6.45, 7) is 0.697. The third-order valence-electron chi connectivity index (χ3n) is 3.87. The molecule has 0 amide bonds.